The van der Waals surface area contributed by atoms with Crippen molar-refractivity contribution in [1.82, 2.24) is 4.31 Å². The van der Waals surface area contributed by atoms with Crippen LogP contribution >= 0.6 is 27.5 Å². The van der Waals surface area contributed by atoms with E-state index in [2.05, 4.69) is 15.9 Å². The monoisotopic (exact) mass is 365 g/mol. The van der Waals surface area contributed by atoms with Gasteiger partial charge in [-0.3, -0.25) is 0 Å². The Morgan fingerprint density at radius 1 is 1.32 bits per heavy atom. The Morgan fingerprint density at radius 3 is 2.74 bits per heavy atom. The molecule has 19 heavy (non-hydrogen) atoms. The molecule has 0 radical (unpaired) electrons. The fourth-order valence-electron chi connectivity index (χ4n) is 2.49. The molecule has 2 rings (SSSR count). The van der Waals surface area contributed by atoms with E-state index in [0.29, 0.717) is 11.6 Å². The minimum absolute atomic E-state index is 0.0781. The number of hydrogen-bond donors (Lipinski definition) is 0. The summed E-state index contributed by atoms with van der Waals surface area (Å²) in [5.41, 5.74) is 0. The molecule has 0 bridgehead atoms. The lowest BCUT2D eigenvalue weighted by Crippen LogP contribution is -2.43. The largest absolute Gasteiger partial charge is 0.244 e. The zero-order valence-corrected chi connectivity index (χ0v) is 13.7. The van der Waals surface area contributed by atoms with E-state index in [-0.39, 0.29) is 10.9 Å². The second-order valence-electron chi connectivity index (χ2n) is 4.67. The maximum atomic E-state index is 12.7. The molecule has 1 atom stereocenters. The average Bonchev–Trinajstić information content (AvgIpc) is 2.40. The van der Waals surface area contributed by atoms with E-state index in [1.165, 1.54) is 0 Å². The van der Waals surface area contributed by atoms with E-state index < -0.39 is 10.0 Å². The van der Waals surface area contributed by atoms with Gasteiger partial charge in [0.25, 0.3) is 0 Å². The highest BCUT2D eigenvalue weighted by molar-refractivity contribution is 9.09. The van der Waals surface area contributed by atoms with Crippen LogP contribution in [0, 0.1) is 0 Å². The highest BCUT2D eigenvalue weighted by Crippen LogP contribution is 2.30. The summed E-state index contributed by atoms with van der Waals surface area (Å²) < 4.78 is 27.1. The van der Waals surface area contributed by atoms with Gasteiger partial charge < -0.3 is 0 Å². The zero-order valence-electron chi connectivity index (χ0n) is 10.6. The van der Waals surface area contributed by atoms with Gasteiger partial charge in [-0.05, 0) is 31.4 Å². The van der Waals surface area contributed by atoms with Crippen molar-refractivity contribution >= 4 is 37.6 Å². The fraction of sp³-hybridized carbons (Fsp3) is 0.538. The Balaban J connectivity index is 2.35. The van der Waals surface area contributed by atoms with Crippen molar-refractivity contribution in [2.45, 2.75) is 36.6 Å². The summed E-state index contributed by atoms with van der Waals surface area (Å²) in [5, 5.41) is 1.11. The number of benzene rings is 1. The first-order valence-electron chi connectivity index (χ1n) is 6.39. The molecular formula is C13H17BrClNO2S. The molecule has 1 heterocycles. The van der Waals surface area contributed by atoms with Crippen LogP contribution in [0.4, 0.5) is 0 Å². The van der Waals surface area contributed by atoms with E-state index in [9.17, 15) is 8.42 Å². The van der Waals surface area contributed by atoms with Gasteiger partial charge in [-0.2, -0.15) is 4.31 Å². The van der Waals surface area contributed by atoms with Gasteiger partial charge >= 0.3 is 0 Å². The van der Waals surface area contributed by atoms with Crippen molar-refractivity contribution in [3.8, 4) is 0 Å². The number of rotatable bonds is 4. The van der Waals surface area contributed by atoms with Gasteiger partial charge in [-0.25, -0.2) is 8.42 Å². The van der Waals surface area contributed by atoms with Gasteiger partial charge in [-0.15, -0.1) is 0 Å². The Bertz CT molecular complexity index is 533. The lowest BCUT2D eigenvalue weighted by atomic mass is 10.0. The fourth-order valence-corrected chi connectivity index (χ4v) is 5.23. The molecule has 0 saturated carbocycles. The third-order valence-electron chi connectivity index (χ3n) is 3.44. The van der Waals surface area contributed by atoms with Crippen molar-refractivity contribution in [2.24, 2.45) is 0 Å². The zero-order chi connectivity index (χ0) is 13.9. The van der Waals surface area contributed by atoms with Crippen LogP contribution in [0.5, 0.6) is 0 Å². The molecule has 0 amide bonds. The predicted molar refractivity (Wildman–Crippen MR) is 81.4 cm³/mol. The van der Waals surface area contributed by atoms with Crippen LogP contribution in [0.1, 0.15) is 25.7 Å². The molecule has 1 fully saturated rings. The smallest absolute Gasteiger partial charge is 0.207 e. The molecule has 1 aliphatic rings. The first kappa shape index (κ1) is 15.3. The molecule has 106 valence electrons. The van der Waals surface area contributed by atoms with Gasteiger partial charge in [0.05, 0.1) is 5.02 Å². The van der Waals surface area contributed by atoms with Crippen LogP contribution in [0.15, 0.2) is 29.2 Å². The summed E-state index contributed by atoms with van der Waals surface area (Å²) in [4.78, 5) is 0.220. The molecule has 6 heteroatoms. The SMILES string of the molecule is O=S(=O)(c1ccccc1Cl)N1CCCCC1CCBr. The summed E-state index contributed by atoms with van der Waals surface area (Å²) >= 11 is 9.44. The number of nitrogens with zero attached hydrogens (tertiary/aromatic N) is 1. The van der Waals surface area contributed by atoms with Gasteiger partial charge in [0.1, 0.15) is 4.90 Å². The predicted octanol–water partition coefficient (Wildman–Crippen LogP) is 3.67. The third kappa shape index (κ3) is 3.32. The number of alkyl halides is 1. The van der Waals surface area contributed by atoms with Crippen LogP contribution in [-0.4, -0.2) is 30.6 Å². The van der Waals surface area contributed by atoms with E-state index >= 15 is 0 Å². The molecular weight excluding hydrogens is 350 g/mol. The van der Waals surface area contributed by atoms with Gasteiger partial charge in [0.2, 0.25) is 10.0 Å². The second-order valence-corrected chi connectivity index (χ2v) is 7.73. The van der Waals surface area contributed by atoms with Crippen LogP contribution in [-0.2, 0) is 10.0 Å². The third-order valence-corrected chi connectivity index (χ3v) is 6.35. The maximum absolute atomic E-state index is 12.7. The maximum Gasteiger partial charge on any atom is 0.244 e. The highest BCUT2D eigenvalue weighted by atomic mass is 79.9. The first-order chi connectivity index (χ1) is 9.07. The van der Waals surface area contributed by atoms with Gasteiger partial charge in [0, 0.05) is 17.9 Å². The molecule has 3 nitrogen and oxygen atoms in total. The van der Waals surface area contributed by atoms with E-state index in [4.69, 9.17) is 11.6 Å². The number of hydrogen-bond acceptors (Lipinski definition) is 2. The standard InChI is InChI=1S/C13H17BrClNO2S/c14-9-8-11-5-3-4-10-16(11)19(17,18)13-7-2-1-6-12(13)15/h1-2,6-7,11H,3-5,8-10H2. The molecule has 1 unspecified atom stereocenters. The first-order valence-corrected chi connectivity index (χ1v) is 9.33. The van der Waals surface area contributed by atoms with Crippen molar-refractivity contribution < 1.29 is 8.42 Å². The van der Waals surface area contributed by atoms with Crippen LogP contribution in [0.25, 0.3) is 0 Å². The Labute approximate surface area is 128 Å². The lowest BCUT2D eigenvalue weighted by Gasteiger charge is -2.34. The summed E-state index contributed by atoms with van der Waals surface area (Å²) in [6, 6.07) is 6.74. The Kier molecular flexibility index (Phi) is 5.29. The number of sulfonamides is 1. The topological polar surface area (TPSA) is 37.4 Å². The van der Waals surface area contributed by atoms with E-state index in [1.54, 1.807) is 28.6 Å². The number of halogens is 2. The molecule has 1 aliphatic heterocycles. The highest BCUT2D eigenvalue weighted by Gasteiger charge is 2.33. The van der Waals surface area contributed by atoms with Gasteiger partial charge in [-0.1, -0.05) is 46.1 Å². The summed E-state index contributed by atoms with van der Waals surface area (Å²) in [7, 11) is -3.48. The van der Waals surface area contributed by atoms with Crippen LogP contribution < -0.4 is 0 Å². The minimum atomic E-state index is -3.48. The number of piperidine rings is 1. The molecule has 1 aromatic carbocycles. The molecule has 0 N–H and O–H groups in total. The van der Waals surface area contributed by atoms with Crippen LogP contribution in [0.2, 0.25) is 5.02 Å². The minimum Gasteiger partial charge on any atom is -0.207 e. The summed E-state index contributed by atoms with van der Waals surface area (Å²) in [6.45, 7) is 0.589. The normalized spacial score (nSPS) is 21.5. The molecule has 1 saturated heterocycles. The Hall–Kier alpha value is -0.100. The lowest BCUT2D eigenvalue weighted by molar-refractivity contribution is 0.248. The van der Waals surface area contributed by atoms with E-state index in [0.717, 1.165) is 31.0 Å². The van der Waals surface area contributed by atoms with Crippen molar-refractivity contribution in [3.63, 3.8) is 0 Å². The average molecular weight is 367 g/mol. The van der Waals surface area contributed by atoms with Gasteiger partial charge in [0.15, 0.2) is 0 Å². The van der Waals surface area contributed by atoms with E-state index in [1.807, 2.05) is 0 Å². The quantitative estimate of drug-likeness (QED) is 0.763. The second kappa shape index (κ2) is 6.57. The molecule has 1 aromatic rings. The van der Waals surface area contributed by atoms with Crippen molar-refractivity contribution in [2.75, 3.05) is 11.9 Å². The summed E-state index contributed by atoms with van der Waals surface area (Å²) in [5.74, 6) is 0. The van der Waals surface area contributed by atoms with Crippen molar-refractivity contribution in [1.29, 1.82) is 0 Å². The Morgan fingerprint density at radius 2 is 2.05 bits per heavy atom. The molecule has 0 spiro atoms. The van der Waals surface area contributed by atoms with Crippen molar-refractivity contribution in [3.05, 3.63) is 29.3 Å². The molecule has 0 aromatic heterocycles. The summed E-state index contributed by atoms with van der Waals surface area (Å²) in [6.07, 6.45) is 3.77. The molecule has 0 aliphatic carbocycles. The van der Waals surface area contributed by atoms with Crippen LogP contribution in [0.3, 0.4) is 0 Å².